The lowest BCUT2D eigenvalue weighted by molar-refractivity contribution is -0.124. The van der Waals surface area contributed by atoms with Gasteiger partial charge in [0.1, 0.15) is 6.10 Å². The van der Waals surface area contributed by atoms with E-state index in [0.29, 0.717) is 12.8 Å². The molecule has 0 spiro atoms. The van der Waals surface area contributed by atoms with E-state index < -0.39 is 18.2 Å². The Balaban J connectivity index is 3.62. The predicted octanol–water partition coefficient (Wildman–Crippen LogP) is 13.2. The molecule has 5 nitrogen and oxygen atoms in total. The van der Waals surface area contributed by atoms with Gasteiger partial charge in [0, 0.05) is 6.42 Å². The van der Waals surface area contributed by atoms with Gasteiger partial charge in [-0.3, -0.25) is 4.79 Å². The molecule has 0 aromatic heterocycles. The summed E-state index contributed by atoms with van der Waals surface area (Å²) < 4.78 is 0. The highest BCUT2D eigenvalue weighted by Gasteiger charge is 2.26. The first kappa shape index (κ1) is 50.1. The predicted molar refractivity (Wildman–Crippen MR) is 222 cm³/mol. The molecule has 51 heavy (non-hydrogen) atoms. The summed E-state index contributed by atoms with van der Waals surface area (Å²) in [5, 5.41) is 33.5. The van der Waals surface area contributed by atoms with Crippen molar-refractivity contribution < 1.29 is 20.1 Å². The smallest absolute Gasteiger partial charge is 0.220 e. The van der Waals surface area contributed by atoms with Crippen molar-refractivity contribution in [3.63, 3.8) is 0 Å². The third-order valence-electron chi connectivity index (χ3n) is 10.9. The van der Waals surface area contributed by atoms with Crippen LogP contribution in [-0.4, -0.2) is 46.1 Å². The fourth-order valence-electron chi connectivity index (χ4n) is 7.28. The molecule has 304 valence electrons. The minimum Gasteiger partial charge on any atom is -0.394 e. The molecule has 0 aliphatic rings. The second-order valence-electron chi connectivity index (χ2n) is 16.0. The van der Waals surface area contributed by atoms with Gasteiger partial charge in [0.2, 0.25) is 5.91 Å². The molecule has 0 heterocycles. The van der Waals surface area contributed by atoms with Crippen LogP contribution in [0.5, 0.6) is 0 Å². The van der Waals surface area contributed by atoms with Gasteiger partial charge in [-0.05, 0) is 38.5 Å². The number of hydrogen-bond acceptors (Lipinski definition) is 4. The lowest BCUT2D eigenvalue weighted by Crippen LogP contribution is -2.50. The van der Waals surface area contributed by atoms with Gasteiger partial charge in [0.15, 0.2) is 0 Å². The zero-order valence-corrected chi connectivity index (χ0v) is 34.5. The molecule has 0 bridgehead atoms. The minimum absolute atomic E-state index is 0.150. The summed E-state index contributed by atoms with van der Waals surface area (Å²) in [7, 11) is 0. The summed E-state index contributed by atoms with van der Waals surface area (Å²) in [6.07, 6.45) is 49.0. The van der Waals surface area contributed by atoms with Gasteiger partial charge in [0.25, 0.3) is 0 Å². The minimum atomic E-state index is -1.15. The average Bonchev–Trinajstić information content (AvgIpc) is 3.13. The molecule has 0 aliphatic carbocycles. The first-order valence-corrected chi connectivity index (χ1v) is 23.0. The Hall–Kier alpha value is -0.910. The van der Waals surface area contributed by atoms with Crippen molar-refractivity contribution in [3.8, 4) is 0 Å². The Kier molecular flexibility index (Phi) is 41.1. The molecule has 0 fully saturated rings. The van der Waals surface area contributed by atoms with Gasteiger partial charge >= 0.3 is 0 Å². The molecule has 4 N–H and O–H groups in total. The molecular weight excluding hydrogens is 631 g/mol. The van der Waals surface area contributed by atoms with E-state index >= 15 is 0 Å². The lowest BCUT2D eigenvalue weighted by atomic mass is 10.0. The molecule has 0 aliphatic heterocycles. The van der Waals surface area contributed by atoms with Crippen molar-refractivity contribution in [1.29, 1.82) is 0 Å². The van der Waals surface area contributed by atoms with Crippen molar-refractivity contribution >= 4 is 5.91 Å². The van der Waals surface area contributed by atoms with Gasteiger partial charge in [-0.2, -0.15) is 0 Å². The molecule has 0 saturated heterocycles. The van der Waals surface area contributed by atoms with Crippen LogP contribution in [0.3, 0.4) is 0 Å². The number of nitrogens with one attached hydrogen (secondary N) is 1. The molecule has 0 rings (SSSR count). The number of allylic oxidation sites excluding steroid dienone is 2. The Bertz CT molecular complexity index is 713. The first-order valence-electron chi connectivity index (χ1n) is 23.0. The number of carbonyl (C=O) groups is 1. The van der Waals surface area contributed by atoms with Gasteiger partial charge in [0.05, 0.1) is 18.8 Å². The normalized spacial score (nSPS) is 13.6. The van der Waals surface area contributed by atoms with Crippen LogP contribution in [0, 0.1) is 0 Å². The van der Waals surface area contributed by atoms with E-state index in [4.69, 9.17) is 0 Å². The maximum atomic E-state index is 12.4. The van der Waals surface area contributed by atoms with Gasteiger partial charge in [-0.1, -0.05) is 219 Å². The van der Waals surface area contributed by atoms with Crippen LogP contribution in [0.15, 0.2) is 12.2 Å². The van der Waals surface area contributed by atoms with Crippen LogP contribution in [-0.2, 0) is 4.79 Å². The van der Waals surface area contributed by atoms with E-state index in [-0.39, 0.29) is 12.5 Å². The number of rotatable bonds is 42. The Morgan fingerprint density at radius 1 is 0.471 bits per heavy atom. The van der Waals surface area contributed by atoms with Crippen molar-refractivity contribution in [2.75, 3.05) is 6.61 Å². The third-order valence-corrected chi connectivity index (χ3v) is 10.9. The van der Waals surface area contributed by atoms with Crippen LogP contribution >= 0.6 is 0 Å². The maximum absolute atomic E-state index is 12.4. The van der Waals surface area contributed by atoms with E-state index in [1.54, 1.807) is 0 Å². The Morgan fingerprint density at radius 3 is 1.14 bits per heavy atom. The van der Waals surface area contributed by atoms with Crippen molar-refractivity contribution in [3.05, 3.63) is 12.2 Å². The van der Waals surface area contributed by atoms with Crippen LogP contribution in [0.25, 0.3) is 0 Å². The molecule has 0 aromatic rings. The maximum Gasteiger partial charge on any atom is 0.220 e. The van der Waals surface area contributed by atoms with Crippen LogP contribution in [0.1, 0.15) is 251 Å². The number of unbranched alkanes of at least 4 members (excludes halogenated alkanes) is 32. The molecular formula is C46H91NO4. The van der Waals surface area contributed by atoms with Crippen LogP contribution < -0.4 is 5.32 Å². The fraction of sp³-hybridized carbons (Fsp3) is 0.935. The number of hydrogen-bond donors (Lipinski definition) is 4. The van der Waals surface area contributed by atoms with E-state index in [0.717, 1.165) is 38.5 Å². The van der Waals surface area contributed by atoms with E-state index in [1.165, 1.54) is 186 Å². The summed E-state index contributed by atoms with van der Waals surface area (Å²) >= 11 is 0. The molecule has 0 aromatic carbocycles. The highest BCUT2D eigenvalue weighted by molar-refractivity contribution is 5.76. The Morgan fingerprint density at radius 2 is 0.784 bits per heavy atom. The van der Waals surface area contributed by atoms with E-state index in [1.807, 2.05) is 0 Å². The summed E-state index contributed by atoms with van der Waals surface area (Å²) in [6, 6.07) is -0.820. The number of amides is 1. The first-order chi connectivity index (χ1) is 25.1. The van der Waals surface area contributed by atoms with E-state index in [9.17, 15) is 20.1 Å². The zero-order valence-electron chi connectivity index (χ0n) is 34.5. The highest BCUT2D eigenvalue weighted by atomic mass is 16.3. The third kappa shape index (κ3) is 37.2. The quantitative estimate of drug-likeness (QED) is 0.0373. The zero-order chi connectivity index (χ0) is 37.3. The van der Waals surface area contributed by atoms with Gasteiger partial charge in [-0.25, -0.2) is 0 Å². The molecule has 5 heteroatoms. The molecule has 3 atom stereocenters. The molecule has 0 radical (unpaired) electrons. The highest BCUT2D eigenvalue weighted by Crippen LogP contribution is 2.16. The monoisotopic (exact) mass is 722 g/mol. The number of carbonyl (C=O) groups excluding carboxylic acids is 1. The Labute approximate surface area is 319 Å². The van der Waals surface area contributed by atoms with E-state index in [2.05, 4.69) is 31.3 Å². The standard InChI is InChI=1S/C46H91NO4/c1-3-5-7-9-11-13-15-17-19-21-22-23-24-25-26-28-30-32-34-36-38-40-44(49)46(51)43(42-48)47-45(50)41-39-37-35-33-31-29-27-20-18-16-14-12-10-8-6-4-2/h32,34,43-44,46,48-49,51H,3-31,33,35-42H2,1-2H3,(H,47,50)/b34-32+. The largest absolute Gasteiger partial charge is 0.394 e. The van der Waals surface area contributed by atoms with Crippen molar-refractivity contribution in [2.24, 2.45) is 0 Å². The molecule has 0 saturated carbocycles. The van der Waals surface area contributed by atoms with Crippen LogP contribution in [0.2, 0.25) is 0 Å². The second kappa shape index (κ2) is 41.8. The van der Waals surface area contributed by atoms with Crippen molar-refractivity contribution in [1.82, 2.24) is 5.32 Å². The summed E-state index contributed by atoms with van der Waals surface area (Å²) in [5.41, 5.74) is 0. The molecule has 3 unspecified atom stereocenters. The molecule has 1 amide bonds. The average molecular weight is 722 g/mol. The number of aliphatic hydroxyl groups is 3. The number of aliphatic hydroxyl groups excluding tert-OH is 3. The summed E-state index contributed by atoms with van der Waals surface area (Å²) in [6.45, 7) is 4.19. The summed E-state index contributed by atoms with van der Waals surface area (Å²) in [5.74, 6) is -0.150. The van der Waals surface area contributed by atoms with Crippen LogP contribution in [0.4, 0.5) is 0 Å². The fourth-order valence-corrected chi connectivity index (χ4v) is 7.28. The topological polar surface area (TPSA) is 89.8 Å². The second-order valence-corrected chi connectivity index (χ2v) is 16.0. The SMILES string of the molecule is CCCCCCCCCCCCCCCCCC/C=C/CCCC(O)C(O)C(CO)NC(=O)CCCCCCCCCCCCCCCCCC. The lowest BCUT2D eigenvalue weighted by Gasteiger charge is -2.26. The van der Waals surface area contributed by atoms with Crippen molar-refractivity contribution in [2.45, 2.75) is 270 Å². The summed E-state index contributed by atoms with van der Waals surface area (Å²) in [4.78, 5) is 12.4. The van der Waals surface area contributed by atoms with Gasteiger partial charge < -0.3 is 20.6 Å². The van der Waals surface area contributed by atoms with Gasteiger partial charge in [-0.15, -0.1) is 0 Å².